The SMILES string of the molecule is CC[C@@H](C(=O)NC1CCCCC1)N(Cc1ccc(OC)cc1)C(=O)CCN1C(=O)c2ccccc2S1(=O)=O. The second kappa shape index (κ2) is 12.0. The Balaban J connectivity index is 1.53. The van der Waals surface area contributed by atoms with Crippen molar-refractivity contribution in [3.05, 3.63) is 59.7 Å². The van der Waals surface area contributed by atoms with Crippen LogP contribution in [0.15, 0.2) is 53.4 Å². The van der Waals surface area contributed by atoms with Gasteiger partial charge in [-0.1, -0.05) is 50.5 Å². The summed E-state index contributed by atoms with van der Waals surface area (Å²) in [7, 11) is -2.46. The van der Waals surface area contributed by atoms with E-state index in [1.165, 1.54) is 17.0 Å². The van der Waals surface area contributed by atoms with E-state index >= 15 is 0 Å². The lowest BCUT2D eigenvalue weighted by Gasteiger charge is -2.33. The van der Waals surface area contributed by atoms with Gasteiger partial charge in [0.25, 0.3) is 15.9 Å². The molecule has 204 valence electrons. The first-order chi connectivity index (χ1) is 18.3. The summed E-state index contributed by atoms with van der Waals surface area (Å²) in [5.74, 6) is -0.577. The molecule has 0 saturated heterocycles. The van der Waals surface area contributed by atoms with Crippen molar-refractivity contribution in [1.29, 1.82) is 0 Å². The Kier molecular flexibility index (Phi) is 8.71. The predicted molar refractivity (Wildman–Crippen MR) is 142 cm³/mol. The van der Waals surface area contributed by atoms with E-state index in [-0.39, 0.29) is 41.9 Å². The van der Waals surface area contributed by atoms with Crippen molar-refractivity contribution < 1.29 is 27.5 Å². The summed E-state index contributed by atoms with van der Waals surface area (Å²) in [5, 5.41) is 3.13. The number of nitrogens with zero attached hydrogens (tertiary/aromatic N) is 2. The summed E-state index contributed by atoms with van der Waals surface area (Å²) in [5.41, 5.74) is 0.911. The lowest BCUT2D eigenvalue weighted by molar-refractivity contribution is -0.141. The van der Waals surface area contributed by atoms with Crippen LogP contribution in [-0.4, -0.2) is 61.1 Å². The second-order valence-corrected chi connectivity index (χ2v) is 11.6. The monoisotopic (exact) mass is 541 g/mol. The molecule has 10 heteroatoms. The predicted octanol–water partition coefficient (Wildman–Crippen LogP) is 3.49. The number of methoxy groups -OCH3 is 1. The molecule has 1 aliphatic heterocycles. The Morgan fingerprint density at radius 1 is 1.08 bits per heavy atom. The number of hydrogen-bond acceptors (Lipinski definition) is 6. The summed E-state index contributed by atoms with van der Waals surface area (Å²) in [6.07, 6.45) is 5.30. The van der Waals surface area contributed by atoms with E-state index in [4.69, 9.17) is 4.74 Å². The van der Waals surface area contributed by atoms with Gasteiger partial charge in [0.2, 0.25) is 11.8 Å². The lowest BCUT2D eigenvalue weighted by Crippen LogP contribution is -2.52. The molecule has 1 aliphatic carbocycles. The lowest BCUT2D eigenvalue weighted by atomic mass is 9.95. The molecule has 4 rings (SSSR count). The van der Waals surface area contributed by atoms with Crippen LogP contribution in [0.25, 0.3) is 0 Å². The van der Waals surface area contributed by atoms with Crippen LogP contribution in [0.4, 0.5) is 0 Å². The molecule has 38 heavy (non-hydrogen) atoms. The van der Waals surface area contributed by atoms with Crippen LogP contribution in [0.2, 0.25) is 0 Å². The number of benzene rings is 2. The first-order valence-electron chi connectivity index (χ1n) is 13.1. The molecule has 2 aliphatic rings. The number of ether oxygens (including phenoxy) is 1. The van der Waals surface area contributed by atoms with Crippen LogP contribution in [0.1, 0.15) is 67.8 Å². The maximum atomic E-state index is 13.6. The van der Waals surface area contributed by atoms with E-state index in [2.05, 4.69) is 5.32 Å². The van der Waals surface area contributed by atoms with E-state index in [0.29, 0.717) is 12.2 Å². The Bertz CT molecular complexity index is 1270. The fraction of sp³-hybridized carbons (Fsp3) is 0.464. The maximum absolute atomic E-state index is 13.6. The molecule has 2 aromatic carbocycles. The van der Waals surface area contributed by atoms with Gasteiger partial charge in [0, 0.05) is 25.6 Å². The van der Waals surface area contributed by atoms with E-state index in [1.54, 1.807) is 31.4 Å². The van der Waals surface area contributed by atoms with Gasteiger partial charge >= 0.3 is 0 Å². The molecule has 1 N–H and O–H groups in total. The number of sulfonamides is 1. The third-order valence-electron chi connectivity index (χ3n) is 7.29. The molecule has 0 spiro atoms. The van der Waals surface area contributed by atoms with Crippen LogP contribution in [0, 0.1) is 0 Å². The zero-order chi connectivity index (χ0) is 27.3. The van der Waals surface area contributed by atoms with Crippen molar-refractivity contribution in [3.63, 3.8) is 0 Å². The standard InChI is InChI=1S/C28H35N3O6S/c1-3-24(27(33)29-21-9-5-4-6-10-21)30(19-20-13-15-22(37-2)16-14-20)26(32)17-18-31-28(34)23-11-7-8-12-25(23)38(31,35)36/h7-8,11-16,21,24H,3-6,9-10,17-19H2,1-2H3,(H,29,33)/t24-/m0/s1. The van der Waals surface area contributed by atoms with Crippen molar-refractivity contribution in [2.75, 3.05) is 13.7 Å². The molecule has 9 nitrogen and oxygen atoms in total. The topological polar surface area (TPSA) is 113 Å². The molecular weight excluding hydrogens is 506 g/mol. The number of amides is 3. The highest BCUT2D eigenvalue weighted by molar-refractivity contribution is 7.90. The van der Waals surface area contributed by atoms with Crippen LogP contribution in [-0.2, 0) is 26.2 Å². The molecule has 1 atom stereocenters. The van der Waals surface area contributed by atoms with Crippen molar-refractivity contribution in [2.45, 2.75) is 75.4 Å². The molecule has 0 unspecified atom stereocenters. The van der Waals surface area contributed by atoms with Gasteiger partial charge in [-0.25, -0.2) is 12.7 Å². The van der Waals surface area contributed by atoms with Gasteiger partial charge in [-0.15, -0.1) is 0 Å². The van der Waals surface area contributed by atoms with Crippen molar-refractivity contribution in [2.24, 2.45) is 0 Å². The first-order valence-corrected chi connectivity index (χ1v) is 14.6. The summed E-state index contributed by atoms with van der Waals surface area (Å²) in [6, 6.07) is 12.6. The third-order valence-corrected chi connectivity index (χ3v) is 9.13. The van der Waals surface area contributed by atoms with Gasteiger partial charge in [-0.3, -0.25) is 14.4 Å². The quantitative estimate of drug-likeness (QED) is 0.493. The average Bonchev–Trinajstić information content (AvgIpc) is 3.12. The van der Waals surface area contributed by atoms with Gasteiger partial charge in [-0.05, 0) is 49.1 Å². The zero-order valence-corrected chi connectivity index (χ0v) is 22.7. The van der Waals surface area contributed by atoms with Crippen molar-refractivity contribution >= 4 is 27.7 Å². The van der Waals surface area contributed by atoms with E-state index in [0.717, 1.165) is 42.0 Å². The highest BCUT2D eigenvalue weighted by Gasteiger charge is 2.41. The molecule has 3 amide bonds. The zero-order valence-electron chi connectivity index (χ0n) is 21.9. The van der Waals surface area contributed by atoms with Gasteiger partial charge in [-0.2, -0.15) is 0 Å². The van der Waals surface area contributed by atoms with Crippen LogP contribution in [0.3, 0.4) is 0 Å². The Morgan fingerprint density at radius 2 is 1.76 bits per heavy atom. The van der Waals surface area contributed by atoms with E-state index < -0.39 is 27.9 Å². The molecule has 1 heterocycles. The summed E-state index contributed by atoms with van der Waals surface area (Å²) < 4.78 is 31.9. The average molecular weight is 542 g/mol. The molecule has 0 radical (unpaired) electrons. The highest BCUT2D eigenvalue weighted by atomic mass is 32.2. The minimum Gasteiger partial charge on any atom is -0.497 e. The molecule has 1 fully saturated rings. The number of nitrogens with one attached hydrogen (secondary N) is 1. The molecular formula is C28H35N3O6S. The molecule has 0 aromatic heterocycles. The van der Waals surface area contributed by atoms with Gasteiger partial charge < -0.3 is 15.0 Å². The minimum atomic E-state index is -4.02. The summed E-state index contributed by atoms with van der Waals surface area (Å²) >= 11 is 0. The second-order valence-electron chi connectivity index (χ2n) is 9.77. The number of fused-ring (bicyclic) bond motifs is 1. The van der Waals surface area contributed by atoms with Crippen molar-refractivity contribution in [3.8, 4) is 5.75 Å². The van der Waals surface area contributed by atoms with E-state index in [9.17, 15) is 22.8 Å². The smallest absolute Gasteiger partial charge is 0.269 e. The fourth-order valence-electron chi connectivity index (χ4n) is 5.18. The van der Waals surface area contributed by atoms with Gasteiger partial charge in [0.1, 0.15) is 16.7 Å². The number of carbonyl (C=O) groups excluding carboxylic acids is 3. The normalized spacial score (nSPS) is 17.5. The number of carbonyl (C=O) groups is 3. The van der Waals surface area contributed by atoms with Gasteiger partial charge in [0.15, 0.2) is 0 Å². The number of hydrogen-bond donors (Lipinski definition) is 1. The maximum Gasteiger partial charge on any atom is 0.269 e. The third kappa shape index (κ3) is 5.85. The fourth-order valence-corrected chi connectivity index (χ4v) is 6.75. The molecule has 2 aromatic rings. The Hall–Kier alpha value is -3.40. The van der Waals surface area contributed by atoms with Crippen LogP contribution < -0.4 is 10.1 Å². The first kappa shape index (κ1) is 27.6. The minimum absolute atomic E-state index is 0.0502. The highest BCUT2D eigenvalue weighted by Crippen LogP contribution is 2.30. The Labute approximate surface area is 224 Å². The molecule has 1 saturated carbocycles. The van der Waals surface area contributed by atoms with E-state index in [1.807, 2.05) is 19.1 Å². The van der Waals surface area contributed by atoms with Crippen LogP contribution >= 0.6 is 0 Å². The van der Waals surface area contributed by atoms with Gasteiger partial charge in [0.05, 0.1) is 12.7 Å². The largest absolute Gasteiger partial charge is 0.497 e. The van der Waals surface area contributed by atoms with Crippen molar-refractivity contribution in [1.82, 2.24) is 14.5 Å². The summed E-state index contributed by atoms with van der Waals surface area (Å²) in [6.45, 7) is 1.72. The molecule has 0 bridgehead atoms. The summed E-state index contributed by atoms with van der Waals surface area (Å²) in [4.78, 5) is 41.2. The Morgan fingerprint density at radius 3 is 2.39 bits per heavy atom. The number of rotatable bonds is 10. The van der Waals surface area contributed by atoms with Crippen LogP contribution in [0.5, 0.6) is 5.75 Å².